The third kappa shape index (κ3) is 3.48. The first-order valence-electron chi connectivity index (χ1n) is 6.77. The molecule has 1 fully saturated rings. The van der Waals surface area contributed by atoms with Gasteiger partial charge in [0.25, 0.3) is 0 Å². The second-order valence-corrected chi connectivity index (χ2v) is 5.39. The fourth-order valence-corrected chi connectivity index (χ4v) is 1.79. The van der Waals surface area contributed by atoms with E-state index in [4.69, 9.17) is 9.84 Å². The summed E-state index contributed by atoms with van der Waals surface area (Å²) in [7, 11) is 0. The van der Waals surface area contributed by atoms with Gasteiger partial charge < -0.3 is 39.7 Å². The summed E-state index contributed by atoms with van der Waals surface area (Å²) in [4.78, 5) is 23.3. The first-order chi connectivity index (χ1) is 10.9. The Balaban J connectivity index is 3.34. The maximum absolute atomic E-state index is 11.7. The van der Waals surface area contributed by atoms with Crippen molar-refractivity contribution in [3.05, 3.63) is 24.3 Å². The molecule has 0 spiro atoms. The minimum atomic E-state index is -3.43. The van der Waals surface area contributed by atoms with Gasteiger partial charge in [-0.05, 0) is 13.8 Å². The van der Waals surface area contributed by atoms with E-state index >= 15 is 0 Å². The van der Waals surface area contributed by atoms with Gasteiger partial charge in [0.1, 0.15) is 12.2 Å². The average Bonchev–Trinajstić information content (AvgIpc) is 2.49. The molecule has 10 nitrogen and oxygen atoms in total. The molecule has 1 aliphatic heterocycles. The van der Waals surface area contributed by atoms with Crippen molar-refractivity contribution in [2.45, 2.75) is 43.9 Å². The molecule has 0 bridgehead atoms. The Hall–Kier alpha value is -1.82. The predicted octanol–water partition coefficient (Wildman–Crippen LogP) is -2.33. The molecule has 1 rings (SSSR count). The summed E-state index contributed by atoms with van der Waals surface area (Å²) in [6.45, 7) is 8.00. The van der Waals surface area contributed by atoms with Gasteiger partial charge in [-0.3, -0.25) is 0 Å². The lowest BCUT2D eigenvalue weighted by atomic mass is 9.94. The Kier molecular flexibility index (Phi) is 5.87. The molecule has 1 saturated heterocycles. The summed E-state index contributed by atoms with van der Waals surface area (Å²) in [6, 6.07) is 0. The van der Waals surface area contributed by atoms with Gasteiger partial charge in [0, 0.05) is 11.1 Å². The Morgan fingerprint density at radius 2 is 1.54 bits per heavy atom. The van der Waals surface area contributed by atoms with Crippen molar-refractivity contribution in [2.24, 2.45) is 0 Å². The number of carbonyl (C=O) groups is 2. The maximum atomic E-state index is 11.7. The van der Waals surface area contributed by atoms with E-state index in [1.807, 2.05) is 0 Å². The van der Waals surface area contributed by atoms with Gasteiger partial charge in [-0.2, -0.15) is 0 Å². The standard InChI is InChI=1S/C14H20O10/c1-6(2)11(18)23-13(20)10(17)9(16)8(5-15)22-14(13,21)24-12(19)7(3)4/h8-10,15-17,20-21H,1,3,5H2,2,4H3/t8-,9-,10+,13+,14+/m1/s1. The van der Waals surface area contributed by atoms with Crippen LogP contribution < -0.4 is 0 Å². The Labute approximate surface area is 137 Å². The molecule has 1 aliphatic rings. The largest absolute Gasteiger partial charge is 0.417 e. The molecule has 5 atom stereocenters. The van der Waals surface area contributed by atoms with Crippen molar-refractivity contribution >= 4 is 11.9 Å². The monoisotopic (exact) mass is 348 g/mol. The highest BCUT2D eigenvalue weighted by molar-refractivity contribution is 5.88. The van der Waals surface area contributed by atoms with Gasteiger partial charge in [-0.1, -0.05) is 13.2 Å². The fraction of sp³-hybridized carbons (Fsp3) is 0.571. The second kappa shape index (κ2) is 6.97. The number of hydrogen-bond acceptors (Lipinski definition) is 10. The summed E-state index contributed by atoms with van der Waals surface area (Å²) in [5, 5.41) is 49.8. The van der Waals surface area contributed by atoms with Crippen molar-refractivity contribution in [1.82, 2.24) is 0 Å². The van der Waals surface area contributed by atoms with E-state index in [1.165, 1.54) is 13.8 Å². The summed E-state index contributed by atoms with van der Waals surface area (Å²) in [5.74, 6) is -9.37. The third-order valence-corrected chi connectivity index (χ3v) is 3.23. The molecule has 0 unspecified atom stereocenters. The zero-order valence-corrected chi connectivity index (χ0v) is 13.1. The number of hydrogen-bond donors (Lipinski definition) is 5. The van der Waals surface area contributed by atoms with E-state index in [-0.39, 0.29) is 11.1 Å². The number of carbonyl (C=O) groups excluding carboxylic acids is 2. The van der Waals surface area contributed by atoms with E-state index in [0.717, 1.165) is 0 Å². The molecule has 0 saturated carbocycles. The molecular formula is C14H20O10. The number of aliphatic hydroxyl groups excluding tert-OH is 3. The normalized spacial score (nSPS) is 35.9. The Bertz CT molecular complexity index is 558. The van der Waals surface area contributed by atoms with Crippen molar-refractivity contribution in [1.29, 1.82) is 0 Å². The van der Waals surface area contributed by atoms with Crippen LogP contribution in [0.2, 0.25) is 0 Å². The molecule has 0 amide bonds. The number of aliphatic hydroxyl groups is 5. The molecule has 0 radical (unpaired) electrons. The van der Waals surface area contributed by atoms with Crippen molar-refractivity contribution in [3.8, 4) is 0 Å². The van der Waals surface area contributed by atoms with Gasteiger partial charge >= 0.3 is 23.7 Å². The lowest BCUT2D eigenvalue weighted by Gasteiger charge is -2.49. The third-order valence-electron chi connectivity index (χ3n) is 3.23. The van der Waals surface area contributed by atoms with E-state index in [2.05, 4.69) is 22.6 Å². The van der Waals surface area contributed by atoms with Gasteiger partial charge in [-0.15, -0.1) is 0 Å². The first kappa shape index (κ1) is 20.2. The van der Waals surface area contributed by atoms with Crippen LogP contribution in [0.25, 0.3) is 0 Å². The van der Waals surface area contributed by atoms with Crippen LogP contribution in [0.1, 0.15) is 13.8 Å². The molecular weight excluding hydrogens is 328 g/mol. The van der Waals surface area contributed by atoms with E-state index < -0.39 is 48.6 Å². The molecule has 0 aliphatic carbocycles. The highest BCUT2D eigenvalue weighted by atomic mass is 16.9. The van der Waals surface area contributed by atoms with E-state index in [1.54, 1.807) is 0 Å². The molecule has 0 aromatic carbocycles. The zero-order valence-electron chi connectivity index (χ0n) is 13.1. The van der Waals surface area contributed by atoms with Crippen LogP contribution in [0.15, 0.2) is 24.3 Å². The quantitative estimate of drug-likeness (QED) is 0.207. The number of rotatable bonds is 5. The summed E-state index contributed by atoms with van der Waals surface area (Å²) < 4.78 is 13.9. The lowest BCUT2D eigenvalue weighted by molar-refractivity contribution is -0.510. The molecule has 10 heteroatoms. The molecule has 136 valence electrons. The molecule has 5 N–H and O–H groups in total. The molecule has 1 heterocycles. The van der Waals surface area contributed by atoms with Crippen LogP contribution in [0.4, 0.5) is 0 Å². The summed E-state index contributed by atoms with van der Waals surface area (Å²) >= 11 is 0. The summed E-state index contributed by atoms with van der Waals surface area (Å²) in [6.07, 6.45) is -6.04. The minimum absolute atomic E-state index is 0.221. The zero-order chi connectivity index (χ0) is 18.9. The predicted molar refractivity (Wildman–Crippen MR) is 75.7 cm³/mol. The van der Waals surface area contributed by atoms with Gasteiger partial charge in [0.05, 0.1) is 6.61 Å². The van der Waals surface area contributed by atoms with E-state index in [9.17, 15) is 30.0 Å². The Morgan fingerprint density at radius 1 is 1.08 bits per heavy atom. The van der Waals surface area contributed by atoms with Gasteiger partial charge in [0.2, 0.25) is 0 Å². The number of esters is 2. The van der Waals surface area contributed by atoms with Crippen molar-refractivity contribution in [3.63, 3.8) is 0 Å². The minimum Gasteiger partial charge on any atom is -0.417 e. The maximum Gasteiger partial charge on any atom is 0.400 e. The SMILES string of the molecule is C=C(C)C(=O)O[C@@]1(O)O[C@H](CO)[C@@H](O)[C@H](O)[C@]1(O)OC(=O)C(=C)C. The van der Waals surface area contributed by atoms with Crippen molar-refractivity contribution < 1.29 is 49.3 Å². The lowest BCUT2D eigenvalue weighted by Crippen LogP contribution is -2.75. The van der Waals surface area contributed by atoms with Crippen LogP contribution in [0.3, 0.4) is 0 Å². The van der Waals surface area contributed by atoms with Crippen LogP contribution in [0, 0.1) is 0 Å². The van der Waals surface area contributed by atoms with Crippen LogP contribution in [-0.4, -0.2) is 74.2 Å². The highest BCUT2D eigenvalue weighted by Gasteiger charge is 2.70. The van der Waals surface area contributed by atoms with Crippen LogP contribution in [0.5, 0.6) is 0 Å². The highest BCUT2D eigenvalue weighted by Crippen LogP contribution is 2.39. The van der Waals surface area contributed by atoms with Crippen LogP contribution in [-0.2, 0) is 23.8 Å². The smallest absolute Gasteiger partial charge is 0.400 e. The molecule has 24 heavy (non-hydrogen) atoms. The molecule has 0 aromatic heterocycles. The van der Waals surface area contributed by atoms with Gasteiger partial charge in [0.15, 0.2) is 6.10 Å². The topological polar surface area (TPSA) is 163 Å². The van der Waals surface area contributed by atoms with Crippen LogP contribution >= 0.6 is 0 Å². The first-order valence-corrected chi connectivity index (χ1v) is 6.77. The van der Waals surface area contributed by atoms with Crippen molar-refractivity contribution in [2.75, 3.05) is 6.61 Å². The van der Waals surface area contributed by atoms with E-state index in [0.29, 0.717) is 0 Å². The number of ether oxygens (including phenoxy) is 3. The summed E-state index contributed by atoms with van der Waals surface area (Å²) in [5.41, 5.74) is -0.454. The van der Waals surface area contributed by atoms with Gasteiger partial charge in [-0.25, -0.2) is 9.59 Å². The molecule has 0 aromatic rings. The second-order valence-electron chi connectivity index (χ2n) is 5.39. The Morgan fingerprint density at radius 3 is 1.96 bits per heavy atom. The average molecular weight is 348 g/mol. The fourth-order valence-electron chi connectivity index (χ4n) is 1.79.